The molecule has 1 amide bonds. The zero-order chi connectivity index (χ0) is 13.2. The van der Waals surface area contributed by atoms with Gasteiger partial charge in [0.2, 0.25) is 5.91 Å². The molecule has 0 saturated carbocycles. The Morgan fingerprint density at radius 3 is 2.56 bits per heavy atom. The van der Waals surface area contributed by atoms with Crippen molar-refractivity contribution in [1.29, 1.82) is 0 Å². The number of carbonyl (C=O) groups excluding carboxylic acids is 1. The predicted octanol–water partition coefficient (Wildman–Crippen LogP) is 4.08. The first-order valence-corrected chi connectivity index (χ1v) is 6.95. The minimum Gasteiger partial charge on any atom is -0.311 e. The van der Waals surface area contributed by atoms with Crippen LogP contribution in [0.3, 0.4) is 0 Å². The monoisotopic (exact) mass is 248 g/mol. The Labute approximate surface area is 110 Å². The minimum absolute atomic E-state index is 0.0712. The molecule has 0 saturated heterocycles. The molecule has 0 spiro atoms. The minimum atomic E-state index is 0.0712. The van der Waals surface area contributed by atoms with Crippen molar-refractivity contribution in [3.05, 3.63) is 23.9 Å². The van der Waals surface area contributed by atoms with Gasteiger partial charge in [0, 0.05) is 12.6 Å². The van der Waals surface area contributed by atoms with E-state index < -0.39 is 0 Å². The van der Waals surface area contributed by atoms with E-state index in [4.69, 9.17) is 0 Å². The fraction of sp³-hybridized carbons (Fsp3) is 0.600. The van der Waals surface area contributed by atoms with Crippen molar-refractivity contribution in [2.24, 2.45) is 0 Å². The van der Waals surface area contributed by atoms with Crippen LogP contribution in [0.1, 0.15) is 57.4 Å². The lowest BCUT2D eigenvalue weighted by Crippen LogP contribution is -2.12. The summed E-state index contributed by atoms with van der Waals surface area (Å²) in [6, 6.07) is 3.79. The van der Waals surface area contributed by atoms with Crippen LogP contribution in [0.2, 0.25) is 0 Å². The van der Waals surface area contributed by atoms with Crippen molar-refractivity contribution < 1.29 is 4.79 Å². The summed E-state index contributed by atoms with van der Waals surface area (Å²) in [4.78, 5) is 15.8. The highest BCUT2D eigenvalue weighted by atomic mass is 16.1. The zero-order valence-corrected chi connectivity index (χ0v) is 11.5. The molecule has 0 aromatic carbocycles. The molecule has 0 bridgehead atoms. The Morgan fingerprint density at radius 1 is 1.17 bits per heavy atom. The van der Waals surface area contributed by atoms with Gasteiger partial charge in [0.15, 0.2) is 0 Å². The van der Waals surface area contributed by atoms with Crippen molar-refractivity contribution >= 4 is 11.7 Å². The zero-order valence-electron chi connectivity index (χ0n) is 11.5. The normalized spacial score (nSPS) is 10.3. The van der Waals surface area contributed by atoms with E-state index in [1.807, 2.05) is 19.1 Å². The number of aryl methyl sites for hydroxylation is 1. The van der Waals surface area contributed by atoms with Crippen molar-refractivity contribution in [2.75, 3.05) is 5.32 Å². The molecular formula is C15H24N2O. The van der Waals surface area contributed by atoms with E-state index in [0.717, 1.165) is 18.4 Å². The third-order valence-electron chi connectivity index (χ3n) is 2.94. The fourth-order valence-electron chi connectivity index (χ4n) is 1.81. The van der Waals surface area contributed by atoms with Gasteiger partial charge in [-0.15, -0.1) is 0 Å². The van der Waals surface area contributed by atoms with E-state index in [1.165, 1.54) is 25.7 Å². The molecule has 0 aliphatic heterocycles. The maximum atomic E-state index is 11.6. The average molecular weight is 248 g/mol. The van der Waals surface area contributed by atoms with Crippen molar-refractivity contribution in [3.63, 3.8) is 0 Å². The largest absolute Gasteiger partial charge is 0.311 e. The second kappa shape index (κ2) is 8.67. The first-order chi connectivity index (χ1) is 8.72. The van der Waals surface area contributed by atoms with Crippen LogP contribution < -0.4 is 5.32 Å². The SMILES string of the molecule is CCCCCCCCC(=O)Nc1ccc(C)cn1. The molecule has 1 N–H and O–H groups in total. The Bertz CT molecular complexity index is 346. The van der Waals surface area contributed by atoms with E-state index in [0.29, 0.717) is 12.2 Å². The van der Waals surface area contributed by atoms with Gasteiger partial charge in [-0.3, -0.25) is 4.79 Å². The number of unbranched alkanes of at least 4 members (excludes halogenated alkanes) is 5. The van der Waals surface area contributed by atoms with Gasteiger partial charge in [-0.25, -0.2) is 4.98 Å². The number of hydrogen-bond acceptors (Lipinski definition) is 2. The number of anilines is 1. The van der Waals surface area contributed by atoms with E-state index >= 15 is 0 Å². The smallest absolute Gasteiger partial charge is 0.225 e. The Morgan fingerprint density at radius 2 is 1.89 bits per heavy atom. The third kappa shape index (κ3) is 6.38. The quantitative estimate of drug-likeness (QED) is 0.704. The summed E-state index contributed by atoms with van der Waals surface area (Å²) in [5, 5.41) is 2.82. The second-order valence-electron chi connectivity index (χ2n) is 4.79. The molecule has 1 aromatic heterocycles. The van der Waals surface area contributed by atoms with Crippen LogP contribution in [-0.4, -0.2) is 10.9 Å². The molecule has 0 aliphatic rings. The van der Waals surface area contributed by atoms with Crippen LogP contribution in [-0.2, 0) is 4.79 Å². The van der Waals surface area contributed by atoms with Crippen LogP contribution >= 0.6 is 0 Å². The second-order valence-corrected chi connectivity index (χ2v) is 4.79. The summed E-state index contributed by atoms with van der Waals surface area (Å²) < 4.78 is 0. The highest BCUT2D eigenvalue weighted by molar-refractivity contribution is 5.89. The highest BCUT2D eigenvalue weighted by Crippen LogP contribution is 2.09. The number of pyridine rings is 1. The summed E-state index contributed by atoms with van der Waals surface area (Å²) in [6.07, 6.45) is 9.58. The maximum Gasteiger partial charge on any atom is 0.225 e. The topological polar surface area (TPSA) is 42.0 Å². The number of rotatable bonds is 8. The van der Waals surface area contributed by atoms with Gasteiger partial charge in [0.25, 0.3) is 0 Å². The lowest BCUT2D eigenvalue weighted by Gasteiger charge is -2.04. The summed E-state index contributed by atoms with van der Waals surface area (Å²) in [7, 11) is 0. The maximum absolute atomic E-state index is 11.6. The molecule has 0 fully saturated rings. The Kier molecular flexibility index (Phi) is 7.07. The standard InChI is InChI=1S/C15H24N2O/c1-3-4-5-6-7-8-9-15(18)17-14-11-10-13(2)12-16-14/h10-12H,3-9H2,1-2H3,(H,16,17,18). The molecular weight excluding hydrogens is 224 g/mol. The molecule has 1 heterocycles. The van der Waals surface area contributed by atoms with Gasteiger partial charge < -0.3 is 5.32 Å². The summed E-state index contributed by atoms with van der Waals surface area (Å²) >= 11 is 0. The lowest BCUT2D eigenvalue weighted by atomic mass is 10.1. The first-order valence-electron chi connectivity index (χ1n) is 6.95. The van der Waals surface area contributed by atoms with E-state index in [1.54, 1.807) is 6.20 Å². The van der Waals surface area contributed by atoms with Crippen LogP contribution in [0.15, 0.2) is 18.3 Å². The van der Waals surface area contributed by atoms with Crippen LogP contribution in [0, 0.1) is 6.92 Å². The van der Waals surface area contributed by atoms with Gasteiger partial charge in [0.05, 0.1) is 0 Å². The number of amides is 1. The van der Waals surface area contributed by atoms with Gasteiger partial charge >= 0.3 is 0 Å². The number of aromatic nitrogens is 1. The number of nitrogens with one attached hydrogen (secondary N) is 1. The Balaban J connectivity index is 2.12. The van der Waals surface area contributed by atoms with Gasteiger partial charge in [0.1, 0.15) is 5.82 Å². The van der Waals surface area contributed by atoms with Crippen LogP contribution in [0.4, 0.5) is 5.82 Å². The lowest BCUT2D eigenvalue weighted by molar-refractivity contribution is -0.116. The van der Waals surface area contributed by atoms with Crippen molar-refractivity contribution in [2.45, 2.75) is 58.8 Å². The first kappa shape index (κ1) is 14.7. The number of carbonyl (C=O) groups is 1. The number of nitrogens with zero attached hydrogens (tertiary/aromatic N) is 1. The average Bonchev–Trinajstić information content (AvgIpc) is 2.36. The van der Waals surface area contributed by atoms with Crippen molar-refractivity contribution in [1.82, 2.24) is 4.98 Å². The summed E-state index contributed by atoms with van der Waals surface area (Å²) in [6.45, 7) is 4.19. The van der Waals surface area contributed by atoms with Crippen molar-refractivity contribution in [3.8, 4) is 0 Å². The highest BCUT2D eigenvalue weighted by Gasteiger charge is 2.02. The van der Waals surface area contributed by atoms with Gasteiger partial charge in [-0.1, -0.05) is 45.1 Å². The van der Waals surface area contributed by atoms with E-state index in [-0.39, 0.29) is 5.91 Å². The molecule has 0 aliphatic carbocycles. The molecule has 3 nitrogen and oxygen atoms in total. The molecule has 18 heavy (non-hydrogen) atoms. The Hall–Kier alpha value is -1.38. The number of hydrogen-bond donors (Lipinski definition) is 1. The summed E-state index contributed by atoms with van der Waals surface area (Å²) in [5.74, 6) is 0.721. The van der Waals surface area contributed by atoms with Gasteiger partial charge in [-0.2, -0.15) is 0 Å². The predicted molar refractivity (Wildman–Crippen MR) is 75.6 cm³/mol. The molecule has 0 atom stereocenters. The van der Waals surface area contributed by atoms with Crippen LogP contribution in [0.25, 0.3) is 0 Å². The molecule has 3 heteroatoms. The molecule has 1 rings (SSSR count). The summed E-state index contributed by atoms with van der Waals surface area (Å²) in [5.41, 5.74) is 1.10. The third-order valence-corrected chi connectivity index (χ3v) is 2.94. The van der Waals surface area contributed by atoms with Crippen LogP contribution in [0.5, 0.6) is 0 Å². The molecule has 100 valence electrons. The van der Waals surface area contributed by atoms with E-state index in [2.05, 4.69) is 17.2 Å². The molecule has 0 unspecified atom stereocenters. The van der Waals surface area contributed by atoms with E-state index in [9.17, 15) is 4.79 Å². The fourth-order valence-corrected chi connectivity index (χ4v) is 1.81. The molecule has 0 radical (unpaired) electrons. The molecule has 1 aromatic rings. The van der Waals surface area contributed by atoms with Gasteiger partial charge in [-0.05, 0) is 25.0 Å².